The molecule has 1 saturated heterocycles. The van der Waals surface area contributed by atoms with Gasteiger partial charge in [-0.1, -0.05) is 73.7 Å². The largest absolute Gasteiger partial charge is 0.349 e. The van der Waals surface area contributed by atoms with Gasteiger partial charge in [-0.25, -0.2) is 0 Å². The van der Waals surface area contributed by atoms with Gasteiger partial charge < -0.3 is 10.2 Å². The van der Waals surface area contributed by atoms with E-state index in [1.54, 1.807) is 0 Å². The molecule has 3 unspecified atom stereocenters. The van der Waals surface area contributed by atoms with Crippen molar-refractivity contribution < 1.29 is 9.59 Å². The second-order valence-electron chi connectivity index (χ2n) is 9.37. The maximum Gasteiger partial charge on any atom is 0.254 e. The number of hydrogen-bond donors (Lipinski definition) is 1. The Kier molecular flexibility index (Phi) is 5.69. The molecule has 1 saturated carbocycles. The monoisotopic (exact) mass is 426 g/mol. The van der Waals surface area contributed by atoms with Crippen molar-refractivity contribution in [3.63, 3.8) is 0 Å². The summed E-state index contributed by atoms with van der Waals surface area (Å²) in [7, 11) is 0. The van der Waals surface area contributed by atoms with Crippen LogP contribution in [0.5, 0.6) is 0 Å². The van der Waals surface area contributed by atoms with Crippen LogP contribution in [0.2, 0.25) is 0 Å². The molecular weight excluding hydrogens is 396 g/mol. The maximum absolute atomic E-state index is 13.2. The molecule has 0 radical (unpaired) electrons. The number of benzene rings is 3. The fourth-order valence-corrected chi connectivity index (χ4v) is 5.11. The molecule has 2 amide bonds. The lowest BCUT2D eigenvalue weighted by molar-refractivity contribution is -0.127. The Bertz CT molecular complexity index is 1110. The van der Waals surface area contributed by atoms with E-state index in [1.807, 2.05) is 65.6 Å². The first-order valence-corrected chi connectivity index (χ1v) is 11.7. The van der Waals surface area contributed by atoms with E-state index < -0.39 is 0 Å². The molecule has 1 heterocycles. The Balaban J connectivity index is 1.23. The van der Waals surface area contributed by atoms with Gasteiger partial charge in [0.15, 0.2) is 0 Å². The number of rotatable bonds is 5. The van der Waals surface area contributed by atoms with Crippen LogP contribution in [-0.2, 0) is 4.79 Å². The summed E-state index contributed by atoms with van der Waals surface area (Å²) >= 11 is 0. The lowest BCUT2D eigenvalue weighted by Crippen LogP contribution is -2.44. The molecule has 1 aliphatic carbocycles. The van der Waals surface area contributed by atoms with Crippen molar-refractivity contribution in [2.24, 2.45) is 17.8 Å². The number of piperidine rings is 1. The lowest BCUT2D eigenvalue weighted by atomic mass is 9.93. The summed E-state index contributed by atoms with van der Waals surface area (Å²) in [6.45, 7) is 3.50. The van der Waals surface area contributed by atoms with Gasteiger partial charge in [-0.05, 0) is 53.5 Å². The van der Waals surface area contributed by atoms with E-state index in [9.17, 15) is 9.59 Å². The van der Waals surface area contributed by atoms with Gasteiger partial charge in [0.2, 0.25) is 5.91 Å². The Hall–Kier alpha value is -3.14. The molecule has 3 atom stereocenters. The number of carbonyl (C=O) groups is 2. The Morgan fingerprint density at radius 3 is 2.28 bits per heavy atom. The van der Waals surface area contributed by atoms with E-state index in [-0.39, 0.29) is 23.8 Å². The third kappa shape index (κ3) is 4.14. The van der Waals surface area contributed by atoms with E-state index in [2.05, 4.69) is 24.4 Å². The highest BCUT2D eigenvalue weighted by Gasteiger charge is 2.41. The van der Waals surface area contributed by atoms with Gasteiger partial charge in [0.1, 0.15) is 0 Å². The van der Waals surface area contributed by atoms with Crippen LogP contribution in [0, 0.1) is 17.8 Å². The van der Waals surface area contributed by atoms with E-state index in [0.29, 0.717) is 37.8 Å². The minimum Gasteiger partial charge on any atom is -0.349 e. The van der Waals surface area contributed by atoms with Crippen molar-refractivity contribution in [2.75, 3.05) is 13.1 Å². The standard InChI is InChI=1S/C28H30N2O2/c1-19-18-25(19)26(21-9-3-2-4-10-21)29-27(31)22-14-16-30(17-15-22)28(32)24-13-7-11-20-8-5-6-12-23(20)24/h2-13,19,22,25-26H,14-18H2,1H3,(H,29,31). The van der Waals surface area contributed by atoms with Crippen molar-refractivity contribution >= 4 is 22.6 Å². The quantitative estimate of drug-likeness (QED) is 0.609. The van der Waals surface area contributed by atoms with Crippen LogP contribution in [0.15, 0.2) is 72.8 Å². The second kappa shape index (κ2) is 8.78. The highest BCUT2D eigenvalue weighted by atomic mass is 16.2. The Morgan fingerprint density at radius 1 is 0.906 bits per heavy atom. The number of nitrogens with one attached hydrogen (secondary N) is 1. The summed E-state index contributed by atoms with van der Waals surface area (Å²) in [6.07, 6.45) is 2.59. The highest BCUT2D eigenvalue weighted by molar-refractivity contribution is 6.07. The van der Waals surface area contributed by atoms with E-state index in [0.717, 1.165) is 22.8 Å². The van der Waals surface area contributed by atoms with Crippen molar-refractivity contribution in [1.29, 1.82) is 0 Å². The molecule has 0 aromatic heterocycles. The average molecular weight is 427 g/mol. The Morgan fingerprint density at radius 2 is 1.56 bits per heavy atom. The number of carbonyl (C=O) groups excluding carboxylic acids is 2. The van der Waals surface area contributed by atoms with Crippen LogP contribution < -0.4 is 5.32 Å². The summed E-state index contributed by atoms with van der Waals surface area (Å²) in [5.41, 5.74) is 1.94. The van der Waals surface area contributed by atoms with Crippen LogP contribution >= 0.6 is 0 Å². The minimum absolute atomic E-state index is 0.0353. The molecule has 32 heavy (non-hydrogen) atoms. The van der Waals surface area contributed by atoms with Crippen molar-refractivity contribution in [3.8, 4) is 0 Å². The second-order valence-corrected chi connectivity index (χ2v) is 9.37. The van der Waals surface area contributed by atoms with Crippen LogP contribution in [0.25, 0.3) is 10.8 Å². The molecule has 5 rings (SSSR count). The van der Waals surface area contributed by atoms with Crippen molar-refractivity contribution in [2.45, 2.75) is 32.2 Å². The van der Waals surface area contributed by atoms with Crippen molar-refractivity contribution in [3.05, 3.63) is 83.9 Å². The van der Waals surface area contributed by atoms with Gasteiger partial charge in [-0.15, -0.1) is 0 Å². The summed E-state index contributed by atoms with van der Waals surface area (Å²) in [5, 5.41) is 5.42. The van der Waals surface area contributed by atoms with Crippen LogP contribution in [0.4, 0.5) is 0 Å². The molecular formula is C28H30N2O2. The first-order chi connectivity index (χ1) is 15.6. The molecule has 164 valence electrons. The zero-order chi connectivity index (χ0) is 22.1. The number of hydrogen-bond acceptors (Lipinski definition) is 2. The van der Waals surface area contributed by atoms with Crippen LogP contribution in [0.3, 0.4) is 0 Å². The number of likely N-dealkylation sites (tertiary alicyclic amines) is 1. The summed E-state index contributed by atoms with van der Waals surface area (Å²) in [6, 6.07) is 24.3. The van der Waals surface area contributed by atoms with E-state index in [1.165, 1.54) is 5.56 Å². The summed E-state index contributed by atoms with van der Waals surface area (Å²) in [5.74, 6) is 1.34. The molecule has 2 aliphatic rings. The van der Waals surface area contributed by atoms with Crippen LogP contribution in [-0.4, -0.2) is 29.8 Å². The molecule has 2 fully saturated rings. The topological polar surface area (TPSA) is 49.4 Å². The molecule has 4 heteroatoms. The minimum atomic E-state index is -0.0353. The van der Waals surface area contributed by atoms with E-state index >= 15 is 0 Å². The van der Waals surface area contributed by atoms with Gasteiger partial charge in [-0.3, -0.25) is 9.59 Å². The molecule has 4 nitrogen and oxygen atoms in total. The van der Waals surface area contributed by atoms with Gasteiger partial charge in [0.05, 0.1) is 6.04 Å². The fraction of sp³-hybridized carbons (Fsp3) is 0.357. The van der Waals surface area contributed by atoms with Gasteiger partial charge in [-0.2, -0.15) is 0 Å². The zero-order valence-corrected chi connectivity index (χ0v) is 18.5. The third-order valence-corrected chi connectivity index (χ3v) is 7.23. The SMILES string of the molecule is CC1CC1C(NC(=O)C1CCN(C(=O)c2cccc3ccccc23)CC1)c1ccccc1. The Labute approximate surface area is 189 Å². The molecule has 1 N–H and O–H groups in total. The zero-order valence-electron chi connectivity index (χ0n) is 18.5. The van der Waals surface area contributed by atoms with Crippen LogP contribution in [0.1, 0.15) is 48.1 Å². The maximum atomic E-state index is 13.2. The molecule has 1 aliphatic heterocycles. The highest BCUT2D eigenvalue weighted by Crippen LogP contribution is 2.47. The lowest BCUT2D eigenvalue weighted by Gasteiger charge is -2.32. The summed E-state index contributed by atoms with van der Waals surface area (Å²) in [4.78, 5) is 28.2. The number of fused-ring (bicyclic) bond motifs is 1. The van der Waals surface area contributed by atoms with Gasteiger partial charge >= 0.3 is 0 Å². The molecule has 3 aromatic carbocycles. The number of amides is 2. The summed E-state index contributed by atoms with van der Waals surface area (Å²) < 4.78 is 0. The first-order valence-electron chi connectivity index (χ1n) is 11.7. The van der Waals surface area contributed by atoms with E-state index in [4.69, 9.17) is 0 Å². The van der Waals surface area contributed by atoms with Gasteiger partial charge in [0, 0.05) is 24.6 Å². The third-order valence-electron chi connectivity index (χ3n) is 7.23. The molecule has 0 spiro atoms. The van der Waals surface area contributed by atoms with Crippen molar-refractivity contribution in [1.82, 2.24) is 10.2 Å². The molecule has 0 bridgehead atoms. The normalized spacial score (nSPS) is 21.8. The first kappa shape index (κ1) is 20.7. The van der Waals surface area contributed by atoms with Gasteiger partial charge in [0.25, 0.3) is 5.91 Å². The number of nitrogens with zero attached hydrogens (tertiary/aromatic N) is 1. The average Bonchev–Trinajstić information content (AvgIpc) is 3.58. The fourth-order valence-electron chi connectivity index (χ4n) is 5.11. The predicted molar refractivity (Wildman–Crippen MR) is 127 cm³/mol. The predicted octanol–water partition coefficient (Wildman–Crippen LogP) is 5.21. The molecule has 3 aromatic rings. The smallest absolute Gasteiger partial charge is 0.254 e.